The maximum atomic E-state index is 13.4. The van der Waals surface area contributed by atoms with Gasteiger partial charge in [0.05, 0.1) is 12.8 Å². The second-order valence-corrected chi connectivity index (χ2v) is 9.11. The summed E-state index contributed by atoms with van der Waals surface area (Å²) in [6, 6.07) is 17.7. The van der Waals surface area contributed by atoms with E-state index in [0.29, 0.717) is 19.0 Å². The van der Waals surface area contributed by atoms with Crippen molar-refractivity contribution in [2.45, 2.75) is 53.2 Å². The Bertz CT molecular complexity index is 1010. The predicted molar refractivity (Wildman–Crippen MR) is 130 cm³/mol. The van der Waals surface area contributed by atoms with E-state index in [2.05, 4.69) is 36.6 Å². The SMILES string of the molecule is CC(C)CCN(CC(=O)N(Cc1cccn1Cc1ccccc1)C(C)C)C(=O)c1ccco1. The van der Waals surface area contributed by atoms with Crippen molar-refractivity contribution in [1.29, 1.82) is 0 Å². The molecule has 33 heavy (non-hydrogen) atoms. The highest BCUT2D eigenvalue weighted by Gasteiger charge is 2.26. The van der Waals surface area contributed by atoms with Crippen LogP contribution in [0.5, 0.6) is 0 Å². The van der Waals surface area contributed by atoms with Crippen molar-refractivity contribution < 1.29 is 14.0 Å². The molecule has 0 unspecified atom stereocenters. The van der Waals surface area contributed by atoms with E-state index in [0.717, 1.165) is 18.7 Å². The summed E-state index contributed by atoms with van der Waals surface area (Å²) in [4.78, 5) is 29.8. The third-order valence-corrected chi connectivity index (χ3v) is 5.72. The predicted octanol–water partition coefficient (Wildman–Crippen LogP) is 5.05. The molecule has 0 spiro atoms. The van der Waals surface area contributed by atoms with Gasteiger partial charge in [-0.1, -0.05) is 44.2 Å². The lowest BCUT2D eigenvalue weighted by molar-refractivity contribution is -0.134. The zero-order valence-electron chi connectivity index (χ0n) is 20.1. The molecule has 0 aliphatic rings. The van der Waals surface area contributed by atoms with E-state index in [-0.39, 0.29) is 30.2 Å². The summed E-state index contributed by atoms with van der Waals surface area (Å²) in [5, 5.41) is 0. The first kappa shape index (κ1) is 24.4. The van der Waals surface area contributed by atoms with E-state index in [1.165, 1.54) is 11.8 Å². The van der Waals surface area contributed by atoms with E-state index < -0.39 is 0 Å². The fourth-order valence-electron chi connectivity index (χ4n) is 3.74. The Balaban J connectivity index is 1.73. The molecule has 0 saturated heterocycles. The molecule has 0 aliphatic carbocycles. The molecule has 0 aliphatic heterocycles. The van der Waals surface area contributed by atoms with Gasteiger partial charge in [-0.15, -0.1) is 0 Å². The molecule has 3 aromatic rings. The fraction of sp³-hybridized carbons (Fsp3) is 0.407. The highest BCUT2D eigenvalue weighted by Crippen LogP contribution is 2.15. The lowest BCUT2D eigenvalue weighted by Crippen LogP contribution is -2.45. The van der Waals surface area contributed by atoms with Crippen LogP contribution in [0.2, 0.25) is 0 Å². The second kappa shape index (κ2) is 11.5. The Morgan fingerprint density at radius 1 is 0.970 bits per heavy atom. The van der Waals surface area contributed by atoms with E-state index in [4.69, 9.17) is 4.42 Å². The molecule has 2 amide bonds. The number of benzene rings is 1. The van der Waals surface area contributed by atoms with E-state index >= 15 is 0 Å². The van der Waals surface area contributed by atoms with Gasteiger partial charge in [0.1, 0.15) is 6.54 Å². The second-order valence-electron chi connectivity index (χ2n) is 9.11. The van der Waals surface area contributed by atoms with Gasteiger partial charge in [-0.2, -0.15) is 0 Å². The Hall–Kier alpha value is -3.28. The molecule has 6 heteroatoms. The first-order valence-corrected chi connectivity index (χ1v) is 11.6. The van der Waals surface area contributed by atoms with Crippen molar-refractivity contribution in [3.63, 3.8) is 0 Å². The van der Waals surface area contributed by atoms with Crippen molar-refractivity contribution in [2.24, 2.45) is 5.92 Å². The fourth-order valence-corrected chi connectivity index (χ4v) is 3.74. The van der Waals surface area contributed by atoms with Gasteiger partial charge in [0.2, 0.25) is 5.91 Å². The number of hydrogen-bond acceptors (Lipinski definition) is 3. The number of carbonyl (C=O) groups excluding carboxylic acids is 2. The Morgan fingerprint density at radius 2 is 1.73 bits per heavy atom. The first-order valence-electron chi connectivity index (χ1n) is 11.6. The number of aromatic nitrogens is 1. The van der Waals surface area contributed by atoms with Crippen LogP contribution < -0.4 is 0 Å². The lowest BCUT2D eigenvalue weighted by Gasteiger charge is -2.30. The van der Waals surface area contributed by atoms with Crippen molar-refractivity contribution in [3.8, 4) is 0 Å². The van der Waals surface area contributed by atoms with Crippen LogP contribution >= 0.6 is 0 Å². The summed E-state index contributed by atoms with van der Waals surface area (Å²) in [7, 11) is 0. The molecule has 176 valence electrons. The minimum atomic E-state index is -0.245. The molecule has 0 bridgehead atoms. The average Bonchev–Trinajstić information content (AvgIpc) is 3.47. The summed E-state index contributed by atoms with van der Waals surface area (Å²) in [6.07, 6.45) is 4.35. The molecule has 0 fully saturated rings. The lowest BCUT2D eigenvalue weighted by atomic mass is 10.1. The number of hydrogen-bond donors (Lipinski definition) is 0. The third kappa shape index (κ3) is 6.85. The zero-order chi connectivity index (χ0) is 23.8. The number of rotatable bonds is 11. The van der Waals surface area contributed by atoms with Gasteiger partial charge in [-0.05, 0) is 56.0 Å². The average molecular weight is 450 g/mol. The van der Waals surface area contributed by atoms with Crippen molar-refractivity contribution in [1.82, 2.24) is 14.4 Å². The Morgan fingerprint density at radius 3 is 2.36 bits per heavy atom. The van der Waals surface area contributed by atoms with Crippen LogP contribution in [0.25, 0.3) is 0 Å². The van der Waals surface area contributed by atoms with Gasteiger partial charge in [-0.3, -0.25) is 9.59 Å². The van der Waals surface area contributed by atoms with Crippen molar-refractivity contribution in [3.05, 3.63) is 84.1 Å². The zero-order valence-corrected chi connectivity index (χ0v) is 20.1. The molecule has 0 radical (unpaired) electrons. The molecule has 1 aromatic carbocycles. The molecule has 2 heterocycles. The molecular formula is C27H35N3O3. The maximum Gasteiger partial charge on any atom is 0.290 e. The molecule has 3 rings (SSSR count). The summed E-state index contributed by atoms with van der Waals surface area (Å²) in [6.45, 7) is 10.0. The largest absolute Gasteiger partial charge is 0.459 e. The molecule has 0 atom stereocenters. The van der Waals surface area contributed by atoms with E-state index in [9.17, 15) is 9.59 Å². The third-order valence-electron chi connectivity index (χ3n) is 5.72. The van der Waals surface area contributed by atoms with Crippen LogP contribution in [0.3, 0.4) is 0 Å². The number of nitrogens with zero attached hydrogens (tertiary/aromatic N) is 3. The van der Waals surface area contributed by atoms with Crippen LogP contribution in [0.1, 0.15) is 55.9 Å². The van der Waals surface area contributed by atoms with Crippen LogP contribution in [0.4, 0.5) is 0 Å². The number of furan rings is 1. The first-order chi connectivity index (χ1) is 15.8. The highest BCUT2D eigenvalue weighted by atomic mass is 16.3. The van der Waals surface area contributed by atoms with Gasteiger partial charge in [-0.25, -0.2) is 0 Å². The molecular weight excluding hydrogens is 414 g/mol. The maximum absolute atomic E-state index is 13.4. The van der Waals surface area contributed by atoms with E-state index in [1.54, 1.807) is 17.0 Å². The summed E-state index contributed by atoms with van der Waals surface area (Å²) >= 11 is 0. The summed E-state index contributed by atoms with van der Waals surface area (Å²) in [5.74, 6) is 0.375. The van der Waals surface area contributed by atoms with Gasteiger partial charge >= 0.3 is 0 Å². The minimum Gasteiger partial charge on any atom is -0.459 e. The van der Waals surface area contributed by atoms with Gasteiger partial charge in [0.15, 0.2) is 5.76 Å². The number of carbonyl (C=O) groups is 2. The molecule has 0 saturated carbocycles. The standard InChI is InChI=1S/C27H35N3O3/c1-21(2)14-16-29(27(32)25-13-9-17-33-25)20-26(31)30(22(3)4)19-24-12-8-15-28(24)18-23-10-6-5-7-11-23/h5-13,15,17,21-22H,14,16,18-20H2,1-4H3. The quantitative estimate of drug-likeness (QED) is 0.411. The highest BCUT2D eigenvalue weighted by molar-refractivity contribution is 5.94. The van der Waals surface area contributed by atoms with Crippen LogP contribution in [-0.4, -0.2) is 45.3 Å². The minimum absolute atomic E-state index is 0.00300. The van der Waals surface area contributed by atoms with Gasteiger partial charge in [0, 0.05) is 31.0 Å². The van der Waals surface area contributed by atoms with Crippen molar-refractivity contribution >= 4 is 11.8 Å². The van der Waals surface area contributed by atoms with Gasteiger partial charge in [0.25, 0.3) is 5.91 Å². The number of amides is 2. The Kier molecular flexibility index (Phi) is 8.52. The topological polar surface area (TPSA) is 58.7 Å². The molecule has 2 aromatic heterocycles. The van der Waals surface area contributed by atoms with Crippen LogP contribution in [-0.2, 0) is 17.9 Å². The smallest absolute Gasteiger partial charge is 0.290 e. The Labute approximate surface area is 196 Å². The summed E-state index contributed by atoms with van der Waals surface area (Å²) in [5.41, 5.74) is 2.27. The van der Waals surface area contributed by atoms with E-state index in [1.807, 2.05) is 49.2 Å². The van der Waals surface area contributed by atoms with Gasteiger partial charge < -0.3 is 18.8 Å². The molecule has 6 nitrogen and oxygen atoms in total. The summed E-state index contributed by atoms with van der Waals surface area (Å²) < 4.78 is 7.48. The molecule has 0 N–H and O–H groups in total. The van der Waals surface area contributed by atoms with Crippen LogP contribution in [0, 0.1) is 5.92 Å². The monoisotopic (exact) mass is 449 g/mol. The van der Waals surface area contributed by atoms with Crippen LogP contribution in [0.15, 0.2) is 71.5 Å². The van der Waals surface area contributed by atoms with Crippen molar-refractivity contribution in [2.75, 3.05) is 13.1 Å². The normalized spacial score (nSPS) is 11.2.